The number of hydrogen-bond acceptors (Lipinski definition) is 5. The Morgan fingerprint density at radius 2 is 2.08 bits per heavy atom. The maximum absolute atomic E-state index is 14.1. The number of pyridine rings is 1. The fourth-order valence-corrected chi connectivity index (χ4v) is 4.89. The average molecular weight is 487 g/mol. The van der Waals surface area contributed by atoms with E-state index in [1.54, 1.807) is 12.3 Å². The highest BCUT2D eigenvalue weighted by molar-refractivity contribution is 5.95. The SMILES string of the molecule is CC(=O)c1cc2c(cn1)nc(CC1CC=C(C3=CCCC(OCc4ccc(C)cc4F)=N3)CC1)n2C. The van der Waals surface area contributed by atoms with Crippen molar-refractivity contribution in [3.05, 3.63) is 82.3 Å². The first-order valence-corrected chi connectivity index (χ1v) is 12.5. The Morgan fingerprint density at radius 1 is 1.22 bits per heavy atom. The summed E-state index contributed by atoms with van der Waals surface area (Å²) in [5, 5.41) is 0. The minimum Gasteiger partial charge on any atom is -0.476 e. The molecule has 0 fully saturated rings. The molecule has 1 unspecified atom stereocenters. The Balaban J connectivity index is 1.22. The van der Waals surface area contributed by atoms with Crippen molar-refractivity contribution in [1.29, 1.82) is 0 Å². The van der Waals surface area contributed by atoms with Gasteiger partial charge in [-0.1, -0.05) is 24.3 Å². The number of aromatic nitrogens is 3. The number of imidazole rings is 1. The van der Waals surface area contributed by atoms with Crippen LogP contribution in [0.1, 0.15) is 66.5 Å². The van der Waals surface area contributed by atoms with Crippen molar-refractivity contribution in [3.8, 4) is 0 Å². The van der Waals surface area contributed by atoms with Crippen LogP contribution < -0.4 is 0 Å². The number of allylic oxidation sites excluding steroid dienone is 3. The van der Waals surface area contributed by atoms with E-state index in [0.29, 0.717) is 23.1 Å². The lowest BCUT2D eigenvalue weighted by Gasteiger charge is -2.23. The van der Waals surface area contributed by atoms with E-state index in [0.717, 1.165) is 66.6 Å². The van der Waals surface area contributed by atoms with Gasteiger partial charge in [0.25, 0.3) is 0 Å². The lowest BCUT2D eigenvalue weighted by atomic mass is 9.85. The molecule has 7 heteroatoms. The molecule has 0 bridgehead atoms. The van der Waals surface area contributed by atoms with Crippen LogP contribution in [0.25, 0.3) is 11.0 Å². The smallest absolute Gasteiger partial charge is 0.189 e. The van der Waals surface area contributed by atoms with Crippen molar-refractivity contribution in [2.24, 2.45) is 18.0 Å². The maximum Gasteiger partial charge on any atom is 0.189 e. The van der Waals surface area contributed by atoms with Crippen LogP contribution >= 0.6 is 0 Å². The summed E-state index contributed by atoms with van der Waals surface area (Å²) in [6.45, 7) is 3.60. The van der Waals surface area contributed by atoms with E-state index in [1.165, 1.54) is 18.6 Å². The van der Waals surface area contributed by atoms with E-state index < -0.39 is 0 Å². The van der Waals surface area contributed by atoms with Gasteiger partial charge in [-0.05, 0) is 61.8 Å². The average Bonchev–Trinajstić information content (AvgIpc) is 3.18. The molecule has 1 atom stereocenters. The van der Waals surface area contributed by atoms with Crippen molar-refractivity contribution >= 4 is 22.7 Å². The fraction of sp³-hybridized carbons (Fsp3) is 0.379. The summed E-state index contributed by atoms with van der Waals surface area (Å²) in [7, 11) is 2.00. The summed E-state index contributed by atoms with van der Waals surface area (Å²) in [5.74, 6) is 1.91. The number of aryl methyl sites for hydroxylation is 2. The molecule has 1 aliphatic carbocycles. The highest BCUT2D eigenvalue weighted by atomic mass is 19.1. The summed E-state index contributed by atoms with van der Waals surface area (Å²) in [4.78, 5) is 25.5. The highest BCUT2D eigenvalue weighted by Crippen LogP contribution is 2.32. The van der Waals surface area contributed by atoms with Crippen molar-refractivity contribution < 1.29 is 13.9 Å². The normalized spacial score (nSPS) is 18.0. The zero-order valence-corrected chi connectivity index (χ0v) is 21.1. The van der Waals surface area contributed by atoms with Gasteiger partial charge in [0.05, 0.1) is 17.4 Å². The van der Waals surface area contributed by atoms with E-state index in [9.17, 15) is 9.18 Å². The second-order valence-electron chi connectivity index (χ2n) is 9.79. The van der Waals surface area contributed by atoms with Gasteiger partial charge in [-0.15, -0.1) is 0 Å². The molecule has 2 aliphatic rings. The van der Waals surface area contributed by atoms with Crippen LogP contribution in [0.2, 0.25) is 0 Å². The lowest BCUT2D eigenvalue weighted by molar-refractivity contribution is 0.101. The molecule has 0 amide bonds. The molecule has 0 saturated heterocycles. The summed E-state index contributed by atoms with van der Waals surface area (Å²) in [5.41, 5.74) is 5.93. The zero-order valence-electron chi connectivity index (χ0n) is 21.1. The van der Waals surface area contributed by atoms with Crippen LogP contribution in [-0.4, -0.2) is 26.2 Å². The van der Waals surface area contributed by atoms with E-state index in [4.69, 9.17) is 14.7 Å². The quantitative estimate of drug-likeness (QED) is 0.390. The van der Waals surface area contributed by atoms with Crippen molar-refractivity contribution in [2.45, 2.75) is 59.0 Å². The molecule has 0 N–H and O–H groups in total. The molecule has 1 aromatic carbocycles. The third-order valence-electron chi connectivity index (χ3n) is 7.08. The molecule has 3 aromatic rings. The summed E-state index contributed by atoms with van der Waals surface area (Å²) in [6, 6.07) is 7.03. The summed E-state index contributed by atoms with van der Waals surface area (Å²) in [6.07, 6.45) is 11.6. The number of rotatable bonds is 6. The van der Waals surface area contributed by atoms with E-state index >= 15 is 0 Å². The second kappa shape index (κ2) is 10.2. The molecular formula is C29H31FN4O2. The van der Waals surface area contributed by atoms with Gasteiger partial charge < -0.3 is 9.30 Å². The van der Waals surface area contributed by atoms with Crippen molar-refractivity contribution in [3.63, 3.8) is 0 Å². The summed E-state index contributed by atoms with van der Waals surface area (Å²) >= 11 is 0. The zero-order chi connectivity index (χ0) is 25.2. The first-order valence-electron chi connectivity index (χ1n) is 12.5. The van der Waals surface area contributed by atoms with Crippen LogP contribution in [0.5, 0.6) is 0 Å². The lowest BCUT2D eigenvalue weighted by Crippen LogP contribution is -2.14. The number of halogens is 1. The third-order valence-corrected chi connectivity index (χ3v) is 7.08. The van der Waals surface area contributed by atoms with Gasteiger partial charge in [0.1, 0.15) is 29.5 Å². The largest absolute Gasteiger partial charge is 0.476 e. The number of ketones is 1. The molecule has 1 aliphatic heterocycles. The molecule has 186 valence electrons. The molecule has 0 radical (unpaired) electrons. The molecule has 36 heavy (non-hydrogen) atoms. The van der Waals surface area contributed by atoms with Crippen molar-refractivity contribution in [2.75, 3.05) is 0 Å². The number of carbonyl (C=O) groups excluding carboxylic acids is 1. The van der Waals surface area contributed by atoms with Gasteiger partial charge in [-0.25, -0.2) is 14.4 Å². The highest BCUT2D eigenvalue weighted by Gasteiger charge is 2.21. The van der Waals surface area contributed by atoms with E-state index in [-0.39, 0.29) is 18.2 Å². The van der Waals surface area contributed by atoms with Gasteiger partial charge in [0.2, 0.25) is 0 Å². The van der Waals surface area contributed by atoms with Crippen LogP contribution in [0.15, 0.2) is 58.9 Å². The maximum atomic E-state index is 14.1. The molecule has 5 rings (SSSR count). The van der Waals surface area contributed by atoms with Gasteiger partial charge >= 0.3 is 0 Å². The topological polar surface area (TPSA) is 69.4 Å². The minimum atomic E-state index is -0.237. The number of benzene rings is 1. The number of fused-ring (bicyclic) bond motifs is 1. The van der Waals surface area contributed by atoms with E-state index in [1.807, 2.05) is 26.1 Å². The third kappa shape index (κ3) is 5.15. The first kappa shape index (κ1) is 24.1. The van der Waals surface area contributed by atoms with Gasteiger partial charge in [-0.3, -0.25) is 9.78 Å². The standard InChI is InChI=1S/C29H31FN4O2/c1-18-7-10-22(23(30)13-18)17-36-29-6-4-5-24(33-29)21-11-8-20(9-12-21)14-28-32-26-16-31-25(19(2)35)15-27(26)34(28)3/h5,7,10-11,13,15-16,20H,4,6,8-9,12,14,17H2,1-3H3. The Hall–Kier alpha value is -3.61. The van der Waals surface area contributed by atoms with Gasteiger partial charge in [-0.2, -0.15) is 0 Å². The predicted molar refractivity (Wildman–Crippen MR) is 138 cm³/mol. The number of ether oxygens (including phenoxy) is 1. The Bertz CT molecular complexity index is 1420. The second-order valence-corrected chi connectivity index (χ2v) is 9.79. The first-order chi connectivity index (χ1) is 17.4. The molecule has 6 nitrogen and oxygen atoms in total. The predicted octanol–water partition coefficient (Wildman–Crippen LogP) is 6.18. The molecule has 2 aromatic heterocycles. The number of nitrogens with zero attached hydrogens (tertiary/aromatic N) is 4. The van der Waals surface area contributed by atoms with Crippen LogP contribution in [-0.2, 0) is 24.8 Å². The molecule has 3 heterocycles. The Kier molecular flexibility index (Phi) is 6.81. The number of aliphatic imine (C=N–C) groups is 1. The summed E-state index contributed by atoms with van der Waals surface area (Å²) < 4.78 is 22.1. The van der Waals surface area contributed by atoms with E-state index in [2.05, 4.69) is 21.7 Å². The number of Topliss-reactive ketones (excluding diaryl/α,β-unsaturated/α-hetero) is 1. The molecule has 0 saturated carbocycles. The van der Waals surface area contributed by atoms with Crippen LogP contribution in [0.4, 0.5) is 4.39 Å². The fourth-order valence-electron chi connectivity index (χ4n) is 4.89. The van der Waals surface area contributed by atoms with Crippen LogP contribution in [0, 0.1) is 18.7 Å². The number of carbonyl (C=O) groups is 1. The number of hydrogen-bond donors (Lipinski definition) is 0. The van der Waals surface area contributed by atoms with Gasteiger partial charge in [0.15, 0.2) is 11.7 Å². The molecule has 0 spiro atoms. The van der Waals surface area contributed by atoms with Gasteiger partial charge in [0, 0.05) is 32.4 Å². The molecular weight excluding hydrogens is 455 g/mol. The Labute approximate surface area is 210 Å². The minimum absolute atomic E-state index is 0.0415. The Morgan fingerprint density at radius 3 is 2.83 bits per heavy atom. The monoisotopic (exact) mass is 486 g/mol. The van der Waals surface area contributed by atoms with Crippen molar-refractivity contribution in [1.82, 2.24) is 14.5 Å². The van der Waals surface area contributed by atoms with Crippen LogP contribution in [0.3, 0.4) is 0 Å².